The summed E-state index contributed by atoms with van der Waals surface area (Å²) in [6.07, 6.45) is 2.08. The minimum absolute atomic E-state index is 0.233. The van der Waals surface area contributed by atoms with Crippen LogP contribution in [0.2, 0.25) is 0 Å². The number of hydrogen-bond donors (Lipinski definition) is 1. The largest absolute Gasteiger partial charge is 0.377 e. The Morgan fingerprint density at radius 2 is 2.11 bits per heavy atom. The fourth-order valence-electron chi connectivity index (χ4n) is 2.12. The summed E-state index contributed by atoms with van der Waals surface area (Å²) >= 11 is 0. The number of aromatic nitrogens is 1. The number of hydrogen-bond acceptors (Lipinski definition) is 3. The third-order valence-electron chi connectivity index (χ3n) is 3.08. The van der Waals surface area contributed by atoms with Crippen molar-refractivity contribution in [1.82, 2.24) is 10.3 Å². The molecule has 0 aliphatic heterocycles. The highest BCUT2D eigenvalue weighted by atomic mass is 16.5. The number of benzene rings is 1. The van der Waals surface area contributed by atoms with Crippen molar-refractivity contribution in [3.63, 3.8) is 0 Å². The number of fused-ring (bicyclic) bond motifs is 1. The second-order valence-electron chi connectivity index (χ2n) is 4.95. The van der Waals surface area contributed by atoms with E-state index in [9.17, 15) is 0 Å². The standard InChI is InChI=1S/C16H22N2O/c1-4-17-16(11-19-12(2)3)14-7-8-15-13(10-14)6-5-9-18-15/h5-10,12,16-17H,4,11H2,1-3H3. The van der Waals surface area contributed by atoms with E-state index in [-0.39, 0.29) is 12.1 Å². The van der Waals surface area contributed by atoms with Gasteiger partial charge in [-0.3, -0.25) is 4.98 Å². The predicted molar refractivity (Wildman–Crippen MR) is 79.2 cm³/mol. The smallest absolute Gasteiger partial charge is 0.0702 e. The topological polar surface area (TPSA) is 34.1 Å². The molecule has 3 heteroatoms. The van der Waals surface area contributed by atoms with Crippen molar-refractivity contribution in [2.75, 3.05) is 13.2 Å². The van der Waals surface area contributed by atoms with Gasteiger partial charge in [0.05, 0.1) is 24.3 Å². The molecular weight excluding hydrogens is 236 g/mol. The van der Waals surface area contributed by atoms with Crippen molar-refractivity contribution in [3.05, 3.63) is 42.1 Å². The summed E-state index contributed by atoms with van der Waals surface area (Å²) < 4.78 is 5.74. The molecule has 0 saturated heterocycles. The molecule has 19 heavy (non-hydrogen) atoms. The molecule has 3 nitrogen and oxygen atoms in total. The highest BCUT2D eigenvalue weighted by molar-refractivity contribution is 5.79. The Hall–Kier alpha value is -1.45. The van der Waals surface area contributed by atoms with Gasteiger partial charge >= 0.3 is 0 Å². The van der Waals surface area contributed by atoms with Crippen LogP contribution in [-0.2, 0) is 4.74 Å². The van der Waals surface area contributed by atoms with Gasteiger partial charge in [0.2, 0.25) is 0 Å². The minimum atomic E-state index is 0.233. The first-order chi connectivity index (χ1) is 9.20. The Kier molecular flexibility index (Phi) is 4.88. The first-order valence-electron chi connectivity index (χ1n) is 6.90. The van der Waals surface area contributed by atoms with Gasteiger partial charge in [0, 0.05) is 11.6 Å². The monoisotopic (exact) mass is 258 g/mol. The molecule has 1 aromatic heterocycles. The molecule has 1 atom stereocenters. The molecule has 1 unspecified atom stereocenters. The minimum Gasteiger partial charge on any atom is -0.377 e. The fraction of sp³-hybridized carbons (Fsp3) is 0.438. The number of pyridine rings is 1. The van der Waals surface area contributed by atoms with Crippen LogP contribution in [0.5, 0.6) is 0 Å². The second kappa shape index (κ2) is 6.64. The molecule has 0 saturated carbocycles. The van der Waals surface area contributed by atoms with E-state index in [2.05, 4.69) is 55.3 Å². The molecule has 0 aliphatic carbocycles. The average molecular weight is 258 g/mol. The lowest BCUT2D eigenvalue weighted by Gasteiger charge is -2.20. The Morgan fingerprint density at radius 3 is 2.84 bits per heavy atom. The quantitative estimate of drug-likeness (QED) is 0.863. The van der Waals surface area contributed by atoms with E-state index in [1.165, 1.54) is 10.9 Å². The summed E-state index contributed by atoms with van der Waals surface area (Å²) in [6, 6.07) is 10.7. The maximum absolute atomic E-state index is 5.74. The number of nitrogens with one attached hydrogen (secondary N) is 1. The molecule has 0 fully saturated rings. The van der Waals surface area contributed by atoms with E-state index in [0.717, 1.165) is 12.1 Å². The highest BCUT2D eigenvalue weighted by Crippen LogP contribution is 2.19. The van der Waals surface area contributed by atoms with E-state index < -0.39 is 0 Å². The van der Waals surface area contributed by atoms with E-state index in [1.807, 2.05) is 12.3 Å². The van der Waals surface area contributed by atoms with Crippen molar-refractivity contribution in [3.8, 4) is 0 Å². The van der Waals surface area contributed by atoms with E-state index in [4.69, 9.17) is 4.74 Å². The van der Waals surface area contributed by atoms with Crippen LogP contribution < -0.4 is 5.32 Å². The van der Waals surface area contributed by atoms with E-state index >= 15 is 0 Å². The lowest BCUT2D eigenvalue weighted by Crippen LogP contribution is -2.26. The number of rotatable bonds is 6. The lowest BCUT2D eigenvalue weighted by atomic mass is 10.0. The van der Waals surface area contributed by atoms with Gasteiger partial charge in [-0.15, -0.1) is 0 Å². The molecule has 2 rings (SSSR count). The zero-order valence-electron chi connectivity index (χ0n) is 11.9. The molecule has 0 spiro atoms. The first-order valence-corrected chi connectivity index (χ1v) is 6.90. The molecule has 1 N–H and O–H groups in total. The van der Waals surface area contributed by atoms with Crippen LogP contribution in [0.4, 0.5) is 0 Å². The van der Waals surface area contributed by atoms with E-state index in [0.29, 0.717) is 6.61 Å². The predicted octanol–water partition coefficient (Wildman–Crippen LogP) is 3.31. The maximum atomic E-state index is 5.74. The number of ether oxygens (including phenoxy) is 1. The Labute approximate surface area is 115 Å². The maximum Gasteiger partial charge on any atom is 0.0702 e. The van der Waals surface area contributed by atoms with Gasteiger partial charge < -0.3 is 10.1 Å². The summed E-state index contributed by atoms with van der Waals surface area (Å²) in [5.41, 5.74) is 2.29. The van der Waals surface area contributed by atoms with Gasteiger partial charge in [-0.2, -0.15) is 0 Å². The van der Waals surface area contributed by atoms with Crippen molar-refractivity contribution >= 4 is 10.9 Å². The van der Waals surface area contributed by atoms with Crippen molar-refractivity contribution in [2.45, 2.75) is 32.9 Å². The Morgan fingerprint density at radius 1 is 1.26 bits per heavy atom. The highest BCUT2D eigenvalue weighted by Gasteiger charge is 2.12. The van der Waals surface area contributed by atoms with Gasteiger partial charge in [0.25, 0.3) is 0 Å². The third-order valence-corrected chi connectivity index (χ3v) is 3.08. The SMILES string of the molecule is CCNC(COC(C)C)c1ccc2ncccc2c1. The molecular formula is C16H22N2O. The van der Waals surface area contributed by atoms with Crippen LogP contribution in [0.3, 0.4) is 0 Å². The lowest BCUT2D eigenvalue weighted by molar-refractivity contribution is 0.0614. The van der Waals surface area contributed by atoms with Crippen LogP contribution in [0, 0.1) is 0 Å². The summed E-state index contributed by atoms with van der Waals surface area (Å²) in [5, 5.41) is 4.65. The molecule has 0 amide bonds. The Balaban J connectivity index is 2.22. The summed E-state index contributed by atoms with van der Waals surface area (Å²) in [6.45, 7) is 7.86. The second-order valence-corrected chi connectivity index (χ2v) is 4.95. The van der Waals surface area contributed by atoms with Gasteiger partial charge in [0.1, 0.15) is 0 Å². The van der Waals surface area contributed by atoms with Crippen LogP contribution in [-0.4, -0.2) is 24.2 Å². The molecule has 102 valence electrons. The zero-order valence-corrected chi connectivity index (χ0v) is 11.9. The van der Waals surface area contributed by atoms with Gasteiger partial charge in [-0.25, -0.2) is 0 Å². The van der Waals surface area contributed by atoms with E-state index in [1.54, 1.807) is 0 Å². The van der Waals surface area contributed by atoms with Crippen LogP contribution >= 0.6 is 0 Å². The van der Waals surface area contributed by atoms with Crippen molar-refractivity contribution in [1.29, 1.82) is 0 Å². The fourth-order valence-corrected chi connectivity index (χ4v) is 2.12. The van der Waals surface area contributed by atoms with Crippen LogP contribution in [0.15, 0.2) is 36.5 Å². The molecule has 1 aromatic carbocycles. The van der Waals surface area contributed by atoms with Gasteiger partial charge in [-0.05, 0) is 44.2 Å². The van der Waals surface area contributed by atoms with Crippen molar-refractivity contribution in [2.24, 2.45) is 0 Å². The molecule has 2 aromatic rings. The third kappa shape index (κ3) is 3.75. The molecule has 0 bridgehead atoms. The van der Waals surface area contributed by atoms with Crippen LogP contribution in [0.1, 0.15) is 32.4 Å². The van der Waals surface area contributed by atoms with Crippen LogP contribution in [0.25, 0.3) is 10.9 Å². The summed E-state index contributed by atoms with van der Waals surface area (Å²) in [5.74, 6) is 0. The van der Waals surface area contributed by atoms with Crippen molar-refractivity contribution < 1.29 is 4.74 Å². The summed E-state index contributed by atoms with van der Waals surface area (Å²) in [7, 11) is 0. The average Bonchev–Trinajstić information content (AvgIpc) is 2.42. The van der Waals surface area contributed by atoms with Gasteiger partial charge in [0.15, 0.2) is 0 Å². The molecule has 1 heterocycles. The first kappa shape index (κ1) is 14.0. The Bertz CT molecular complexity index is 525. The number of likely N-dealkylation sites (N-methyl/N-ethyl adjacent to an activating group) is 1. The number of nitrogens with zero attached hydrogens (tertiary/aromatic N) is 1. The zero-order chi connectivity index (χ0) is 13.7. The van der Waals surface area contributed by atoms with Gasteiger partial charge in [-0.1, -0.05) is 19.1 Å². The molecule has 0 aliphatic rings. The normalized spacial score (nSPS) is 13.1. The summed E-state index contributed by atoms with van der Waals surface area (Å²) in [4.78, 5) is 4.35. The molecule has 0 radical (unpaired) electrons.